The maximum atomic E-state index is 11.3. The molecular formula is C13H10N2O. The van der Waals surface area contributed by atoms with Crippen LogP contribution in [0.3, 0.4) is 0 Å². The summed E-state index contributed by atoms with van der Waals surface area (Å²) in [5.41, 5.74) is 2.54. The minimum absolute atomic E-state index is 0.00724. The van der Waals surface area contributed by atoms with Gasteiger partial charge in [-0.3, -0.25) is 9.78 Å². The lowest BCUT2D eigenvalue weighted by molar-refractivity contribution is 0.101. The maximum absolute atomic E-state index is 11.3. The van der Waals surface area contributed by atoms with E-state index < -0.39 is 0 Å². The number of carbonyl (C=O) groups excluding carboxylic acids is 1. The Balaban J connectivity index is 2.44. The number of benzene rings is 1. The van der Waals surface area contributed by atoms with Crippen LogP contribution in [0.1, 0.15) is 17.4 Å². The molecule has 2 heterocycles. The molecule has 0 unspecified atom stereocenters. The first-order valence-electron chi connectivity index (χ1n) is 5.13. The third kappa shape index (κ3) is 1.21. The van der Waals surface area contributed by atoms with E-state index in [0.717, 1.165) is 21.8 Å². The molecule has 0 bridgehead atoms. The van der Waals surface area contributed by atoms with Crippen molar-refractivity contribution in [3.63, 3.8) is 0 Å². The summed E-state index contributed by atoms with van der Waals surface area (Å²) >= 11 is 0. The predicted molar refractivity (Wildman–Crippen MR) is 63.6 cm³/mol. The predicted octanol–water partition coefficient (Wildman–Crippen LogP) is 2.92. The van der Waals surface area contributed by atoms with Gasteiger partial charge in [-0.1, -0.05) is 18.2 Å². The number of pyridine rings is 1. The van der Waals surface area contributed by atoms with E-state index in [9.17, 15) is 4.79 Å². The van der Waals surface area contributed by atoms with Crippen LogP contribution in [-0.4, -0.2) is 15.8 Å². The summed E-state index contributed by atoms with van der Waals surface area (Å²) in [6, 6.07) is 9.87. The number of hydrogen-bond acceptors (Lipinski definition) is 2. The standard InChI is InChI=1S/C13H10N2O/c1-8(16)12-6-10-9-4-2-3-5-11(9)15-13(10)7-14-12/h2-7,15H,1H3. The topological polar surface area (TPSA) is 45.8 Å². The quantitative estimate of drug-likeness (QED) is 0.627. The van der Waals surface area contributed by atoms with E-state index in [-0.39, 0.29) is 5.78 Å². The van der Waals surface area contributed by atoms with Crippen molar-refractivity contribution < 1.29 is 4.79 Å². The van der Waals surface area contributed by atoms with Crippen molar-refractivity contribution in [1.82, 2.24) is 9.97 Å². The zero-order valence-corrected chi connectivity index (χ0v) is 8.82. The fraction of sp³-hybridized carbons (Fsp3) is 0.0769. The van der Waals surface area contributed by atoms with E-state index in [4.69, 9.17) is 0 Å². The largest absolute Gasteiger partial charge is 0.353 e. The van der Waals surface area contributed by atoms with Gasteiger partial charge in [-0.15, -0.1) is 0 Å². The van der Waals surface area contributed by atoms with E-state index in [1.165, 1.54) is 6.92 Å². The smallest absolute Gasteiger partial charge is 0.178 e. The van der Waals surface area contributed by atoms with Crippen LogP contribution in [0.15, 0.2) is 36.5 Å². The summed E-state index contributed by atoms with van der Waals surface area (Å²) < 4.78 is 0. The van der Waals surface area contributed by atoms with E-state index in [2.05, 4.69) is 9.97 Å². The number of nitrogens with one attached hydrogen (secondary N) is 1. The molecule has 3 heteroatoms. The van der Waals surface area contributed by atoms with Gasteiger partial charge in [-0.25, -0.2) is 0 Å². The van der Waals surface area contributed by atoms with Crippen molar-refractivity contribution in [2.75, 3.05) is 0 Å². The van der Waals surface area contributed by atoms with Crippen LogP contribution in [0.4, 0.5) is 0 Å². The highest BCUT2D eigenvalue weighted by Crippen LogP contribution is 2.24. The molecule has 3 rings (SSSR count). The average molecular weight is 210 g/mol. The summed E-state index contributed by atoms with van der Waals surface area (Å²) in [7, 11) is 0. The molecule has 0 spiro atoms. The number of nitrogens with zero attached hydrogens (tertiary/aromatic N) is 1. The number of para-hydroxylation sites is 1. The van der Waals surface area contributed by atoms with E-state index in [1.807, 2.05) is 30.3 Å². The van der Waals surface area contributed by atoms with Crippen LogP contribution in [0.25, 0.3) is 21.8 Å². The Kier molecular flexibility index (Phi) is 1.80. The Morgan fingerprint density at radius 2 is 2.00 bits per heavy atom. The molecule has 1 aromatic carbocycles. The Morgan fingerprint density at radius 1 is 1.19 bits per heavy atom. The molecule has 0 atom stereocenters. The van der Waals surface area contributed by atoms with Crippen molar-refractivity contribution in [3.05, 3.63) is 42.2 Å². The van der Waals surface area contributed by atoms with Gasteiger partial charge in [0.25, 0.3) is 0 Å². The molecule has 3 nitrogen and oxygen atoms in total. The second kappa shape index (κ2) is 3.17. The van der Waals surface area contributed by atoms with Gasteiger partial charge in [0.2, 0.25) is 0 Å². The number of rotatable bonds is 1. The summed E-state index contributed by atoms with van der Waals surface area (Å²) in [5, 5.41) is 2.18. The molecule has 1 N–H and O–H groups in total. The minimum atomic E-state index is -0.00724. The van der Waals surface area contributed by atoms with Crippen LogP contribution in [0.5, 0.6) is 0 Å². The van der Waals surface area contributed by atoms with E-state index >= 15 is 0 Å². The summed E-state index contributed by atoms with van der Waals surface area (Å²) in [6.07, 6.45) is 1.71. The SMILES string of the molecule is CC(=O)c1cc2c(cn1)[nH]c1ccccc12. The fourth-order valence-electron chi connectivity index (χ4n) is 1.94. The molecule has 0 saturated heterocycles. The van der Waals surface area contributed by atoms with Crippen molar-refractivity contribution in [2.45, 2.75) is 6.92 Å². The van der Waals surface area contributed by atoms with E-state index in [1.54, 1.807) is 6.20 Å². The lowest BCUT2D eigenvalue weighted by Gasteiger charge is -1.94. The van der Waals surface area contributed by atoms with E-state index in [0.29, 0.717) is 5.69 Å². The monoisotopic (exact) mass is 210 g/mol. The minimum Gasteiger partial charge on any atom is -0.353 e. The van der Waals surface area contributed by atoms with Crippen LogP contribution < -0.4 is 0 Å². The molecule has 0 saturated carbocycles. The first-order valence-corrected chi connectivity index (χ1v) is 5.13. The number of aromatic amines is 1. The molecule has 0 aliphatic carbocycles. The van der Waals surface area contributed by atoms with Gasteiger partial charge < -0.3 is 4.98 Å². The molecule has 0 aliphatic heterocycles. The number of hydrogen-bond donors (Lipinski definition) is 1. The van der Waals surface area contributed by atoms with Gasteiger partial charge >= 0.3 is 0 Å². The zero-order valence-electron chi connectivity index (χ0n) is 8.82. The third-order valence-corrected chi connectivity index (χ3v) is 2.75. The highest BCUT2D eigenvalue weighted by atomic mass is 16.1. The normalized spacial score (nSPS) is 11.1. The molecule has 16 heavy (non-hydrogen) atoms. The van der Waals surface area contributed by atoms with Crippen molar-refractivity contribution in [3.8, 4) is 0 Å². The highest BCUT2D eigenvalue weighted by molar-refractivity contribution is 6.09. The lowest BCUT2D eigenvalue weighted by atomic mass is 10.1. The van der Waals surface area contributed by atoms with Gasteiger partial charge in [-0.2, -0.15) is 0 Å². The van der Waals surface area contributed by atoms with Gasteiger partial charge in [0.05, 0.1) is 11.7 Å². The number of ketones is 1. The van der Waals surface area contributed by atoms with Crippen molar-refractivity contribution in [2.24, 2.45) is 0 Å². The third-order valence-electron chi connectivity index (χ3n) is 2.75. The van der Waals surface area contributed by atoms with Gasteiger partial charge in [-0.05, 0) is 12.1 Å². The molecule has 2 aromatic heterocycles. The molecule has 78 valence electrons. The first kappa shape index (κ1) is 9.09. The Labute approximate surface area is 92.1 Å². The Hall–Kier alpha value is -2.16. The number of fused-ring (bicyclic) bond motifs is 3. The second-order valence-electron chi connectivity index (χ2n) is 3.84. The molecule has 0 aliphatic rings. The fourth-order valence-corrected chi connectivity index (χ4v) is 1.94. The second-order valence-corrected chi connectivity index (χ2v) is 3.84. The highest BCUT2D eigenvalue weighted by Gasteiger charge is 2.07. The molecule has 0 radical (unpaired) electrons. The van der Waals surface area contributed by atoms with Gasteiger partial charge in [0.15, 0.2) is 5.78 Å². The van der Waals surface area contributed by atoms with Crippen molar-refractivity contribution >= 4 is 27.6 Å². The van der Waals surface area contributed by atoms with Crippen LogP contribution >= 0.6 is 0 Å². The molecule has 0 amide bonds. The summed E-state index contributed by atoms with van der Waals surface area (Å²) in [4.78, 5) is 18.7. The number of H-pyrrole nitrogens is 1. The molecule has 3 aromatic rings. The van der Waals surface area contributed by atoms with Crippen LogP contribution in [0.2, 0.25) is 0 Å². The first-order chi connectivity index (χ1) is 7.75. The molecule has 0 fully saturated rings. The Morgan fingerprint density at radius 3 is 2.81 bits per heavy atom. The number of aromatic nitrogens is 2. The molecular weight excluding hydrogens is 200 g/mol. The summed E-state index contributed by atoms with van der Waals surface area (Å²) in [5.74, 6) is -0.00724. The lowest BCUT2D eigenvalue weighted by Crippen LogP contribution is -1.94. The van der Waals surface area contributed by atoms with Crippen LogP contribution in [-0.2, 0) is 0 Å². The Bertz CT molecular complexity index is 697. The zero-order chi connectivity index (χ0) is 11.1. The van der Waals surface area contributed by atoms with Gasteiger partial charge in [0.1, 0.15) is 5.69 Å². The average Bonchev–Trinajstić information content (AvgIpc) is 2.66. The number of Topliss-reactive ketones (excluding diaryl/α,β-unsaturated/α-hetero) is 1. The van der Waals surface area contributed by atoms with Crippen molar-refractivity contribution in [1.29, 1.82) is 0 Å². The van der Waals surface area contributed by atoms with Gasteiger partial charge in [0, 0.05) is 23.2 Å². The summed E-state index contributed by atoms with van der Waals surface area (Å²) in [6.45, 7) is 1.53. The van der Waals surface area contributed by atoms with Crippen LogP contribution in [0, 0.1) is 0 Å². The maximum Gasteiger partial charge on any atom is 0.178 e. The number of carbonyl (C=O) groups is 1.